The molecule has 1 nitrogen and oxygen atoms in total. The zero-order chi connectivity index (χ0) is 11.3. The van der Waals surface area contributed by atoms with Crippen molar-refractivity contribution in [1.29, 1.82) is 0 Å². The highest BCUT2D eigenvalue weighted by atomic mass is 35.6. The molecule has 1 unspecified atom stereocenters. The van der Waals surface area contributed by atoms with E-state index in [9.17, 15) is 0 Å². The van der Waals surface area contributed by atoms with Gasteiger partial charge in [-0.1, -0.05) is 59.9 Å². The Kier molecular flexibility index (Phi) is 5.04. The fourth-order valence-corrected chi connectivity index (χ4v) is 1.81. The van der Waals surface area contributed by atoms with Gasteiger partial charge in [0, 0.05) is 5.92 Å². The number of halogens is 3. The Hall–Kier alpha value is -0.110. The monoisotopic (exact) mass is 266 g/mol. The van der Waals surface area contributed by atoms with E-state index in [1.54, 1.807) is 0 Å². The maximum absolute atomic E-state index is 5.82. The first kappa shape index (κ1) is 13.0. The topological polar surface area (TPSA) is 9.23 Å². The standard InChI is InChI=1S/C11H13Cl3O/c1-2-9(11(12,13)14)8-15-10-6-4-3-5-7-10/h3-7,9H,2,8H2,1H3. The first-order valence-electron chi connectivity index (χ1n) is 4.78. The Labute approximate surface area is 105 Å². The molecule has 0 aliphatic carbocycles. The van der Waals surface area contributed by atoms with Crippen LogP contribution in [0.2, 0.25) is 0 Å². The van der Waals surface area contributed by atoms with Crippen LogP contribution >= 0.6 is 34.8 Å². The van der Waals surface area contributed by atoms with E-state index in [2.05, 4.69) is 0 Å². The van der Waals surface area contributed by atoms with Crippen molar-refractivity contribution in [3.63, 3.8) is 0 Å². The molecule has 1 atom stereocenters. The average molecular weight is 268 g/mol. The largest absolute Gasteiger partial charge is 0.493 e. The molecule has 0 heterocycles. The summed E-state index contributed by atoms with van der Waals surface area (Å²) in [5.41, 5.74) is 0. The Morgan fingerprint density at radius 3 is 2.27 bits per heavy atom. The summed E-state index contributed by atoms with van der Waals surface area (Å²) >= 11 is 17.4. The highest BCUT2D eigenvalue weighted by molar-refractivity contribution is 6.67. The molecule has 84 valence electrons. The summed E-state index contributed by atoms with van der Waals surface area (Å²) in [6.07, 6.45) is 0.767. The third-order valence-corrected chi connectivity index (χ3v) is 3.08. The number of hydrogen-bond donors (Lipinski definition) is 0. The highest BCUT2D eigenvalue weighted by Crippen LogP contribution is 2.37. The summed E-state index contributed by atoms with van der Waals surface area (Å²) in [5, 5.41) is 0. The van der Waals surface area contributed by atoms with E-state index < -0.39 is 3.79 Å². The molecule has 0 aliphatic rings. The van der Waals surface area contributed by atoms with Crippen LogP contribution in [-0.4, -0.2) is 10.4 Å². The minimum Gasteiger partial charge on any atom is -0.493 e. The van der Waals surface area contributed by atoms with Crippen LogP contribution in [0.15, 0.2) is 30.3 Å². The summed E-state index contributed by atoms with van der Waals surface area (Å²) in [6.45, 7) is 2.39. The van der Waals surface area contributed by atoms with Crippen LogP contribution in [0.25, 0.3) is 0 Å². The maximum atomic E-state index is 5.82. The molecule has 15 heavy (non-hydrogen) atoms. The van der Waals surface area contributed by atoms with Crippen LogP contribution in [-0.2, 0) is 0 Å². The molecule has 0 saturated heterocycles. The summed E-state index contributed by atoms with van der Waals surface area (Å²) in [7, 11) is 0. The average Bonchev–Trinajstić information content (AvgIpc) is 2.18. The molecule has 0 aliphatic heterocycles. The van der Waals surface area contributed by atoms with Gasteiger partial charge >= 0.3 is 0 Å². The first-order chi connectivity index (χ1) is 7.04. The van der Waals surface area contributed by atoms with Gasteiger partial charge in [0.15, 0.2) is 3.79 Å². The van der Waals surface area contributed by atoms with Crippen molar-refractivity contribution in [2.45, 2.75) is 17.1 Å². The molecular formula is C11H13Cl3O. The molecule has 0 radical (unpaired) electrons. The van der Waals surface area contributed by atoms with Gasteiger partial charge in [0.05, 0.1) is 6.61 Å². The number of hydrogen-bond acceptors (Lipinski definition) is 1. The van der Waals surface area contributed by atoms with Gasteiger partial charge in [-0.3, -0.25) is 0 Å². The molecule has 1 aromatic carbocycles. The second-order valence-electron chi connectivity index (χ2n) is 3.27. The van der Waals surface area contributed by atoms with Gasteiger partial charge in [0.25, 0.3) is 0 Å². The lowest BCUT2D eigenvalue weighted by molar-refractivity contribution is 0.246. The van der Waals surface area contributed by atoms with Gasteiger partial charge in [-0.2, -0.15) is 0 Å². The lowest BCUT2D eigenvalue weighted by Gasteiger charge is -2.22. The molecule has 0 bridgehead atoms. The third kappa shape index (κ3) is 4.50. The minimum atomic E-state index is -1.26. The Balaban J connectivity index is 2.49. The van der Waals surface area contributed by atoms with E-state index in [1.807, 2.05) is 37.3 Å². The second kappa shape index (κ2) is 5.83. The van der Waals surface area contributed by atoms with Gasteiger partial charge in [-0.15, -0.1) is 0 Å². The Morgan fingerprint density at radius 1 is 1.20 bits per heavy atom. The molecule has 0 spiro atoms. The fraction of sp³-hybridized carbons (Fsp3) is 0.455. The zero-order valence-corrected chi connectivity index (χ0v) is 10.7. The van der Waals surface area contributed by atoms with Crippen molar-refractivity contribution in [1.82, 2.24) is 0 Å². The van der Waals surface area contributed by atoms with Crippen LogP contribution in [0.3, 0.4) is 0 Å². The van der Waals surface area contributed by atoms with Crippen LogP contribution < -0.4 is 4.74 Å². The van der Waals surface area contributed by atoms with Crippen LogP contribution in [0.4, 0.5) is 0 Å². The van der Waals surface area contributed by atoms with Gasteiger partial charge in [-0.25, -0.2) is 0 Å². The lowest BCUT2D eigenvalue weighted by atomic mass is 10.1. The number of ether oxygens (including phenoxy) is 1. The summed E-state index contributed by atoms with van der Waals surface area (Å²) in [4.78, 5) is 0. The number of rotatable bonds is 4. The molecule has 0 amide bonds. The fourth-order valence-electron chi connectivity index (χ4n) is 1.16. The first-order valence-corrected chi connectivity index (χ1v) is 5.92. The van der Waals surface area contributed by atoms with E-state index in [0.717, 1.165) is 12.2 Å². The summed E-state index contributed by atoms with van der Waals surface area (Å²) in [6, 6.07) is 9.51. The van der Waals surface area contributed by atoms with E-state index >= 15 is 0 Å². The molecule has 0 N–H and O–H groups in total. The zero-order valence-electron chi connectivity index (χ0n) is 8.42. The normalized spacial score (nSPS) is 13.6. The minimum absolute atomic E-state index is 0.0947. The van der Waals surface area contributed by atoms with Crippen LogP contribution in [0.1, 0.15) is 13.3 Å². The predicted octanol–water partition coefficient (Wildman–Crippen LogP) is 4.46. The smallest absolute Gasteiger partial charge is 0.196 e. The molecular weight excluding hydrogens is 254 g/mol. The number of alkyl halides is 3. The molecule has 1 rings (SSSR count). The van der Waals surface area contributed by atoms with Gasteiger partial charge in [-0.05, 0) is 18.6 Å². The van der Waals surface area contributed by atoms with E-state index in [4.69, 9.17) is 39.5 Å². The van der Waals surface area contributed by atoms with Crippen LogP contribution in [0, 0.1) is 5.92 Å². The summed E-state index contributed by atoms with van der Waals surface area (Å²) in [5.74, 6) is 0.702. The Bertz CT molecular complexity index is 282. The molecule has 0 fully saturated rings. The van der Waals surface area contributed by atoms with Gasteiger partial charge in [0.2, 0.25) is 0 Å². The number of para-hydroxylation sites is 1. The van der Waals surface area contributed by atoms with Gasteiger partial charge in [0.1, 0.15) is 5.75 Å². The SMILES string of the molecule is CCC(COc1ccccc1)C(Cl)(Cl)Cl. The van der Waals surface area contributed by atoms with Crippen molar-refractivity contribution >= 4 is 34.8 Å². The molecule has 0 saturated carbocycles. The molecule has 1 aromatic rings. The Morgan fingerprint density at radius 2 is 1.80 bits per heavy atom. The highest BCUT2D eigenvalue weighted by Gasteiger charge is 2.31. The van der Waals surface area contributed by atoms with Crippen molar-refractivity contribution < 1.29 is 4.74 Å². The number of benzene rings is 1. The van der Waals surface area contributed by atoms with E-state index in [0.29, 0.717) is 6.61 Å². The van der Waals surface area contributed by atoms with E-state index in [1.165, 1.54) is 0 Å². The van der Waals surface area contributed by atoms with Crippen molar-refractivity contribution in [3.05, 3.63) is 30.3 Å². The van der Waals surface area contributed by atoms with Gasteiger partial charge < -0.3 is 4.74 Å². The van der Waals surface area contributed by atoms with Crippen molar-refractivity contribution in [3.8, 4) is 5.75 Å². The van der Waals surface area contributed by atoms with Crippen molar-refractivity contribution in [2.75, 3.05) is 6.61 Å². The van der Waals surface area contributed by atoms with Crippen molar-refractivity contribution in [2.24, 2.45) is 5.92 Å². The second-order valence-corrected chi connectivity index (χ2v) is 5.64. The lowest BCUT2D eigenvalue weighted by Crippen LogP contribution is -2.25. The predicted molar refractivity (Wildman–Crippen MR) is 66.0 cm³/mol. The quantitative estimate of drug-likeness (QED) is 0.732. The van der Waals surface area contributed by atoms with Crippen LogP contribution in [0.5, 0.6) is 5.75 Å². The molecule has 0 aromatic heterocycles. The van der Waals surface area contributed by atoms with E-state index in [-0.39, 0.29) is 5.92 Å². The third-order valence-electron chi connectivity index (χ3n) is 2.15. The maximum Gasteiger partial charge on any atom is 0.196 e. The summed E-state index contributed by atoms with van der Waals surface area (Å²) < 4.78 is 4.27. The molecule has 4 heteroatoms.